The zero-order valence-corrected chi connectivity index (χ0v) is 11.8. The van der Waals surface area contributed by atoms with Crippen LogP contribution in [-0.4, -0.2) is 41.4 Å². The zero-order chi connectivity index (χ0) is 16.0. The second kappa shape index (κ2) is 7.65. The van der Waals surface area contributed by atoms with Gasteiger partial charge < -0.3 is 29.2 Å². The molecule has 1 heterocycles. The van der Waals surface area contributed by atoms with Crippen LogP contribution >= 0.6 is 0 Å². The van der Waals surface area contributed by atoms with Crippen molar-refractivity contribution in [2.24, 2.45) is 0 Å². The first-order valence-corrected chi connectivity index (χ1v) is 6.20. The average molecular weight is 302 g/mol. The standard InChI is InChI=1S/C13H18O8/c1-7(2)5-4-6-8(3)9-18-10(20-12(14)15)11(19-9)21-13(16)17/h5,9-11H,3-4,6H2,1-2H3,(H,14,15)(H,16,17)/t10-,11-/m0/s1. The van der Waals surface area contributed by atoms with Gasteiger partial charge in [-0.2, -0.15) is 0 Å². The molecular weight excluding hydrogens is 284 g/mol. The molecule has 2 N–H and O–H groups in total. The van der Waals surface area contributed by atoms with Crippen LogP contribution in [0.1, 0.15) is 26.7 Å². The minimum absolute atomic E-state index is 0.531. The first kappa shape index (κ1) is 17.0. The molecule has 8 nitrogen and oxygen atoms in total. The van der Waals surface area contributed by atoms with Gasteiger partial charge >= 0.3 is 12.3 Å². The number of hydrogen-bond acceptors (Lipinski definition) is 6. The highest BCUT2D eigenvalue weighted by Crippen LogP contribution is 2.27. The van der Waals surface area contributed by atoms with Crippen molar-refractivity contribution in [1.29, 1.82) is 0 Å². The first-order chi connectivity index (χ1) is 9.79. The Hall–Kier alpha value is -2.06. The summed E-state index contributed by atoms with van der Waals surface area (Å²) in [6.45, 7) is 7.69. The Morgan fingerprint density at radius 3 is 2.00 bits per heavy atom. The third kappa shape index (κ3) is 5.84. The van der Waals surface area contributed by atoms with E-state index < -0.39 is 31.2 Å². The number of allylic oxidation sites excluding steroid dienone is 2. The van der Waals surface area contributed by atoms with E-state index in [1.165, 1.54) is 0 Å². The maximum atomic E-state index is 10.5. The van der Waals surface area contributed by atoms with Crippen LogP contribution in [0.3, 0.4) is 0 Å². The van der Waals surface area contributed by atoms with Crippen LogP contribution in [0.2, 0.25) is 0 Å². The van der Waals surface area contributed by atoms with E-state index in [2.05, 4.69) is 16.1 Å². The summed E-state index contributed by atoms with van der Waals surface area (Å²) in [5, 5.41) is 17.1. The molecule has 1 aliphatic heterocycles. The lowest BCUT2D eigenvalue weighted by Gasteiger charge is -2.13. The smallest absolute Gasteiger partial charge is 0.450 e. The molecule has 0 spiro atoms. The second-order valence-electron chi connectivity index (χ2n) is 4.59. The van der Waals surface area contributed by atoms with Crippen LogP contribution < -0.4 is 0 Å². The molecule has 0 bridgehead atoms. The fourth-order valence-electron chi connectivity index (χ4n) is 1.63. The Labute approximate surface area is 121 Å². The summed E-state index contributed by atoms with van der Waals surface area (Å²) in [6.07, 6.45) is -3.96. The zero-order valence-electron chi connectivity index (χ0n) is 11.8. The molecule has 0 unspecified atom stereocenters. The number of carboxylic acid groups (broad SMARTS) is 2. The Morgan fingerprint density at radius 2 is 1.62 bits per heavy atom. The van der Waals surface area contributed by atoms with Gasteiger partial charge in [-0.05, 0) is 32.3 Å². The van der Waals surface area contributed by atoms with Gasteiger partial charge in [0.05, 0.1) is 0 Å². The van der Waals surface area contributed by atoms with E-state index in [4.69, 9.17) is 19.7 Å². The van der Waals surface area contributed by atoms with Gasteiger partial charge in [-0.1, -0.05) is 18.2 Å². The van der Waals surface area contributed by atoms with Crippen LogP contribution in [-0.2, 0) is 18.9 Å². The Kier molecular flexibility index (Phi) is 6.19. The molecule has 0 aliphatic carbocycles. The topological polar surface area (TPSA) is 112 Å². The van der Waals surface area contributed by atoms with Crippen molar-refractivity contribution in [2.75, 3.05) is 0 Å². The monoisotopic (exact) mass is 302 g/mol. The summed E-state index contributed by atoms with van der Waals surface area (Å²) in [5.41, 5.74) is 1.68. The summed E-state index contributed by atoms with van der Waals surface area (Å²) in [7, 11) is 0. The number of ether oxygens (including phenoxy) is 4. The number of hydrogen-bond donors (Lipinski definition) is 2. The fourth-order valence-corrected chi connectivity index (χ4v) is 1.63. The molecule has 118 valence electrons. The van der Waals surface area contributed by atoms with Gasteiger partial charge in [0.1, 0.15) is 0 Å². The molecule has 2 atom stereocenters. The highest BCUT2D eigenvalue weighted by molar-refractivity contribution is 5.58. The number of carbonyl (C=O) groups is 2. The Morgan fingerprint density at radius 1 is 1.14 bits per heavy atom. The highest BCUT2D eigenvalue weighted by atomic mass is 16.9. The number of rotatable bonds is 6. The van der Waals surface area contributed by atoms with E-state index in [0.717, 1.165) is 5.57 Å². The van der Waals surface area contributed by atoms with E-state index in [1.54, 1.807) is 0 Å². The van der Waals surface area contributed by atoms with E-state index in [0.29, 0.717) is 18.4 Å². The molecule has 0 aromatic carbocycles. The van der Waals surface area contributed by atoms with Crippen molar-refractivity contribution in [3.8, 4) is 0 Å². The molecule has 1 rings (SSSR count). The Bertz CT molecular complexity index is 413. The van der Waals surface area contributed by atoms with E-state index in [1.807, 2.05) is 19.9 Å². The SMILES string of the molecule is C=C(CCC=C(C)C)C1O[C@@H](OC(=O)O)[C@H](OC(=O)O)O1. The molecule has 1 saturated heterocycles. The van der Waals surface area contributed by atoms with Crippen LogP contribution in [0.15, 0.2) is 23.8 Å². The average Bonchev–Trinajstić information content (AvgIpc) is 2.70. The van der Waals surface area contributed by atoms with Crippen molar-refractivity contribution < 1.29 is 38.7 Å². The maximum Gasteiger partial charge on any atom is 0.508 e. The first-order valence-electron chi connectivity index (χ1n) is 6.20. The fraction of sp³-hybridized carbons (Fsp3) is 0.538. The van der Waals surface area contributed by atoms with Crippen molar-refractivity contribution in [3.63, 3.8) is 0 Å². The molecule has 21 heavy (non-hydrogen) atoms. The van der Waals surface area contributed by atoms with Gasteiger partial charge in [0.2, 0.25) is 0 Å². The van der Waals surface area contributed by atoms with Crippen LogP contribution in [0, 0.1) is 0 Å². The Balaban J connectivity index is 2.60. The lowest BCUT2D eigenvalue weighted by atomic mass is 10.1. The molecule has 1 aliphatic rings. The third-order valence-electron chi connectivity index (χ3n) is 2.52. The lowest BCUT2D eigenvalue weighted by Crippen LogP contribution is -2.31. The summed E-state index contributed by atoms with van der Waals surface area (Å²) in [6, 6.07) is 0. The van der Waals surface area contributed by atoms with Gasteiger partial charge in [0.15, 0.2) is 6.29 Å². The van der Waals surface area contributed by atoms with Gasteiger partial charge in [0, 0.05) is 0 Å². The van der Waals surface area contributed by atoms with E-state index in [9.17, 15) is 9.59 Å². The van der Waals surface area contributed by atoms with Crippen molar-refractivity contribution in [2.45, 2.75) is 45.6 Å². The summed E-state index contributed by atoms with van der Waals surface area (Å²) in [4.78, 5) is 21.0. The van der Waals surface area contributed by atoms with Crippen molar-refractivity contribution >= 4 is 12.3 Å². The maximum absolute atomic E-state index is 10.5. The third-order valence-corrected chi connectivity index (χ3v) is 2.52. The van der Waals surface area contributed by atoms with Gasteiger partial charge in [0.25, 0.3) is 12.6 Å². The highest BCUT2D eigenvalue weighted by Gasteiger charge is 2.42. The largest absolute Gasteiger partial charge is 0.508 e. The summed E-state index contributed by atoms with van der Waals surface area (Å²) in [5.74, 6) is 0. The minimum atomic E-state index is -1.63. The van der Waals surface area contributed by atoms with Crippen molar-refractivity contribution in [3.05, 3.63) is 23.8 Å². The predicted octanol–water partition coefficient (Wildman–Crippen LogP) is 2.70. The van der Waals surface area contributed by atoms with E-state index in [-0.39, 0.29) is 0 Å². The molecule has 0 aromatic heterocycles. The quantitative estimate of drug-likeness (QED) is 0.569. The van der Waals surface area contributed by atoms with Gasteiger partial charge in [-0.3, -0.25) is 0 Å². The normalized spacial score (nSPS) is 21.6. The van der Waals surface area contributed by atoms with Gasteiger partial charge in [-0.25, -0.2) is 9.59 Å². The predicted molar refractivity (Wildman–Crippen MR) is 69.6 cm³/mol. The molecule has 0 amide bonds. The van der Waals surface area contributed by atoms with Crippen molar-refractivity contribution in [1.82, 2.24) is 0 Å². The molecular formula is C13H18O8. The minimum Gasteiger partial charge on any atom is -0.450 e. The summed E-state index contributed by atoms with van der Waals surface area (Å²) < 4.78 is 19.1. The van der Waals surface area contributed by atoms with Crippen LogP contribution in [0.5, 0.6) is 0 Å². The summed E-state index contributed by atoms with van der Waals surface area (Å²) >= 11 is 0. The second-order valence-corrected chi connectivity index (χ2v) is 4.59. The molecule has 0 aromatic rings. The van der Waals surface area contributed by atoms with Crippen LogP contribution in [0.25, 0.3) is 0 Å². The van der Waals surface area contributed by atoms with Crippen LogP contribution in [0.4, 0.5) is 9.59 Å². The van der Waals surface area contributed by atoms with Gasteiger partial charge in [-0.15, -0.1) is 0 Å². The molecule has 0 saturated carbocycles. The molecule has 1 fully saturated rings. The lowest BCUT2D eigenvalue weighted by molar-refractivity contribution is -0.153. The van der Waals surface area contributed by atoms with E-state index >= 15 is 0 Å². The molecule has 0 radical (unpaired) electrons. The molecule has 8 heteroatoms.